The molecule has 0 N–H and O–H groups in total. The molecule has 0 aromatic heterocycles. The number of amides is 2. The lowest BCUT2D eigenvalue weighted by Gasteiger charge is -2.15. The predicted octanol–water partition coefficient (Wildman–Crippen LogP) is 1.30. The van der Waals surface area contributed by atoms with Crippen molar-refractivity contribution >= 4 is 11.8 Å². The van der Waals surface area contributed by atoms with Gasteiger partial charge in [-0.15, -0.1) is 0 Å². The molecule has 0 saturated heterocycles. The first-order chi connectivity index (χ1) is 7.44. The molecule has 0 aliphatic carbocycles. The second kappa shape index (κ2) is 9.96. The normalized spacial score (nSPS) is 8.25. The molecule has 0 saturated carbocycles. The number of nitrogens with zero attached hydrogens (tertiary/aromatic N) is 2. The lowest BCUT2D eigenvalue weighted by Crippen LogP contribution is -2.28. The highest BCUT2D eigenvalue weighted by Gasteiger charge is 2.01. The van der Waals surface area contributed by atoms with Gasteiger partial charge in [-0.3, -0.25) is 9.59 Å². The number of carbonyl (C=O) groups excluding carboxylic acids is 2. The summed E-state index contributed by atoms with van der Waals surface area (Å²) in [5.74, 6) is -0.0417. The summed E-state index contributed by atoms with van der Waals surface area (Å²) in [6.07, 6.45) is 2.62. The molecule has 0 radical (unpaired) electrons. The molecule has 4 heteroatoms. The molecule has 0 bridgehead atoms. The van der Waals surface area contributed by atoms with Gasteiger partial charge in [-0.1, -0.05) is 13.2 Å². The van der Waals surface area contributed by atoms with Gasteiger partial charge < -0.3 is 9.80 Å². The maximum absolute atomic E-state index is 10.8. The van der Waals surface area contributed by atoms with Crippen molar-refractivity contribution in [1.82, 2.24) is 9.80 Å². The number of rotatable bonds is 4. The Morgan fingerprint density at radius 2 is 1.38 bits per heavy atom. The second-order valence-electron chi connectivity index (χ2n) is 3.15. The molecular formula is C12H22N2O2. The van der Waals surface area contributed by atoms with E-state index in [4.69, 9.17) is 0 Å². The molecule has 0 heterocycles. The molecule has 0 aromatic rings. The summed E-state index contributed by atoms with van der Waals surface area (Å²) in [6, 6.07) is 0. The van der Waals surface area contributed by atoms with Crippen LogP contribution in [-0.4, -0.2) is 48.8 Å². The van der Waals surface area contributed by atoms with Gasteiger partial charge in [0.1, 0.15) is 0 Å². The van der Waals surface area contributed by atoms with Crippen molar-refractivity contribution < 1.29 is 9.59 Å². The van der Waals surface area contributed by atoms with Gasteiger partial charge in [0.15, 0.2) is 0 Å². The SMILES string of the molecule is C=CC(=O)N(C)C.C=CC(=O)N(CC)CC. The molecule has 0 unspecified atom stereocenters. The fraction of sp³-hybridized carbons (Fsp3) is 0.500. The zero-order valence-corrected chi connectivity index (χ0v) is 10.7. The van der Waals surface area contributed by atoms with Gasteiger partial charge in [-0.05, 0) is 26.0 Å². The average Bonchev–Trinajstić information content (AvgIpc) is 2.29. The van der Waals surface area contributed by atoms with Gasteiger partial charge in [0.2, 0.25) is 11.8 Å². The predicted molar refractivity (Wildman–Crippen MR) is 67.0 cm³/mol. The van der Waals surface area contributed by atoms with Gasteiger partial charge in [-0.25, -0.2) is 0 Å². The van der Waals surface area contributed by atoms with Crippen LogP contribution in [0.2, 0.25) is 0 Å². The molecule has 2 amide bonds. The first-order valence-corrected chi connectivity index (χ1v) is 5.19. The molecule has 0 aliphatic rings. The lowest BCUT2D eigenvalue weighted by molar-refractivity contribution is -0.125. The van der Waals surface area contributed by atoms with Crippen LogP contribution in [0.5, 0.6) is 0 Å². The molecule has 0 fully saturated rings. The Hall–Kier alpha value is -1.58. The summed E-state index contributed by atoms with van der Waals surface area (Å²) in [7, 11) is 3.37. The van der Waals surface area contributed by atoms with Crippen molar-refractivity contribution in [2.45, 2.75) is 13.8 Å². The molecule has 16 heavy (non-hydrogen) atoms. The third-order valence-corrected chi connectivity index (χ3v) is 1.87. The first kappa shape index (κ1) is 16.8. The van der Waals surface area contributed by atoms with E-state index >= 15 is 0 Å². The van der Waals surface area contributed by atoms with E-state index < -0.39 is 0 Å². The van der Waals surface area contributed by atoms with Crippen LogP contribution in [-0.2, 0) is 9.59 Å². The number of hydrogen-bond acceptors (Lipinski definition) is 2. The van der Waals surface area contributed by atoms with Gasteiger partial charge in [0.05, 0.1) is 0 Å². The van der Waals surface area contributed by atoms with Gasteiger partial charge >= 0.3 is 0 Å². The van der Waals surface area contributed by atoms with Crippen LogP contribution in [0.3, 0.4) is 0 Å². The van der Waals surface area contributed by atoms with Crippen LogP contribution in [0.1, 0.15) is 13.8 Å². The number of hydrogen-bond donors (Lipinski definition) is 0. The van der Waals surface area contributed by atoms with Gasteiger partial charge in [0.25, 0.3) is 0 Å². The van der Waals surface area contributed by atoms with Crippen molar-refractivity contribution in [3.05, 3.63) is 25.3 Å². The molecule has 0 atom stereocenters. The fourth-order valence-corrected chi connectivity index (χ4v) is 0.847. The Morgan fingerprint density at radius 1 is 1.00 bits per heavy atom. The smallest absolute Gasteiger partial charge is 0.245 e. The summed E-state index contributed by atoms with van der Waals surface area (Å²) in [5.41, 5.74) is 0. The largest absolute Gasteiger partial charge is 0.345 e. The van der Waals surface area contributed by atoms with Gasteiger partial charge in [0, 0.05) is 27.2 Å². The quantitative estimate of drug-likeness (QED) is 0.678. The van der Waals surface area contributed by atoms with Crippen LogP contribution in [0.4, 0.5) is 0 Å². The monoisotopic (exact) mass is 226 g/mol. The molecule has 0 rings (SSSR count). The maximum atomic E-state index is 10.8. The zero-order valence-electron chi connectivity index (χ0n) is 10.7. The first-order valence-electron chi connectivity index (χ1n) is 5.19. The second-order valence-corrected chi connectivity index (χ2v) is 3.15. The van der Waals surface area contributed by atoms with Crippen molar-refractivity contribution in [3.8, 4) is 0 Å². The number of carbonyl (C=O) groups is 2. The minimum absolute atomic E-state index is 0.0139. The standard InChI is InChI=1S/C7H13NO.C5H9NO/c1-4-7(9)8(5-2)6-3;1-4-5(7)6(2)3/h4H,1,5-6H2,2-3H3;4H,1H2,2-3H3. The average molecular weight is 226 g/mol. The Labute approximate surface area is 98.2 Å². The molecule has 92 valence electrons. The van der Waals surface area contributed by atoms with Crippen LogP contribution in [0.15, 0.2) is 25.3 Å². The van der Waals surface area contributed by atoms with E-state index in [1.54, 1.807) is 19.0 Å². The minimum Gasteiger partial charge on any atom is -0.345 e. The van der Waals surface area contributed by atoms with E-state index in [9.17, 15) is 9.59 Å². The van der Waals surface area contributed by atoms with Crippen molar-refractivity contribution in [1.29, 1.82) is 0 Å². The summed E-state index contributed by atoms with van der Waals surface area (Å²) >= 11 is 0. The van der Waals surface area contributed by atoms with Crippen LogP contribution >= 0.6 is 0 Å². The van der Waals surface area contributed by atoms with Crippen LogP contribution in [0.25, 0.3) is 0 Å². The molecule has 4 nitrogen and oxygen atoms in total. The van der Waals surface area contributed by atoms with E-state index in [1.807, 2.05) is 13.8 Å². The van der Waals surface area contributed by atoms with Crippen molar-refractivity contribution in [2.24, 2.45) is 0 Å². The van der Waals surface area contributed by atoms with Crippen molar-refractivity contribution in [2.75, 3.05) is 27.2 Å². The number of likely N-dealkylation sites (N-methyl/N-ethyl adjacent to an activating group) is 2. The molecular weight excluding hydrogens is 204 g/mol. The Kier molecular flexibility index (Phi) is 10.5. The maximum Gasteiger partial charge on any atom is 0.245 e. The van der Waals surface area contributed by atoms with Crippen LogP contribution < -0.4 is 0 Å². The van der Waals surface area contributed by atoms with Crippen molar-refractivity contribution in [3.63, 3.8) is 0 Å². The fourth-order valence-electron chi connectivity index (χ4n) is 0.847. The summed E-state index contributed by atoms with van der Waals surface area (Å²) < 4.78 is 0. The third-order valence-electron chi connectivity index (χ3n) is 1.87. The van der Waals surface area contributed by atoms with E-state index in [2.05, 4.69) is 13.2 Å². The lowest BCUT2D eigenvalue weighted by atomic mass is 10.4. The van der Waals surface area contributed by atoms with Crippen LogP contribution in [0, 0.1) is 0 Å². The third kappa shape index (κ3) is 7.79. The van der Waals surface area contributed by atoms with Gasteiger partial charge in [-0.2, -0.15) is 0 Å². The van der Waals surface area contributed by atoms with E-state index in [0.717, 1.165) is 13.1 Å². The highest BCUT2D eigenvalue weighted by Crippen LogP contribution is 1.87. The van der Waals surface area contributed by atoms with E-state index in [1.165, 1.54) is 17.1 Å². The Morgan fingerprint density at radius 3 is 1.44 bits per heavy atom. The zero-order chi connectivity index (χ0) is 13.1. The van der Waals surface area contributed by atoms with E-state index in [0.29, 0.717) is 0 Å². The molecule has 0 aliphatic heterocycles. The molecule has 0 aromatic carbocycles. The summed E-state index contributed by atoms with van der Waals surface area (Å²) in [5, 5.41) is 0. The van der Waals surface area contributed by atoms with E-state index in [-0.39, 0.29) is 11.8 Å². The topological polar surface area (TPSA) is 40.6 Å². The highest BCUT2D eigenvalue weighted by atomic mass is 16.2. The summed E-state index contributed by atoms with van der Waals surface area (Å²) in [4.78, 5) is 24.3. The summed E-state index contributed by atoms with van der Waals surface area (Å²) in [6.45, 7) is 12.1. The Bertz CT molecular complexity index is 243. The minimum atomic E-state index is -0.0556. The highest BCUT2D eigenvalue weighted by molar-refractivity contribution is 5.87. The molecule has 0 spiro atoms. The Balaban J connectivity index is 0.